The van der Waals surface area contributed by atoms with Crippen LogP contribution in [-0.4, -0.2) is 13.7 Å². The molecule has 0 heterocycles. The molecule has 0 saturated heterocycles. The third-order valence-corrected chi connectivity index (χ3v) is 4.04. The van der Waals surface area contributed by atoms with Crippen molar-refractivity contribution in [1.82, 2.24) is 0 Å². The lowest BCUT2D eigenvalue weighted by atomic mass is 10.2. The van der Waals surface area contributed by atoms with Gasteiger partial charge in [0.25, 0.3) is 0 Å². The molecule has 84 valence electrons. The van der Waals surface area contributed by atoms with Crippen molar-refractivity contribution in [2.75, 3.05) is 0 Å². The highest BCUT2D eigenvalue weighted by atomic mass is 32.2. The second-order valence-electron chi connectivity index (χ2n) is 3.61. The van der Waals surface area contributed by atoms with E-state index in [-0.39, 0.29) is 0 Å². The molecule has 0 radical (unpaired) electrons. The van der Waals surface area contributed by atoms with Crippen molar-refractivity contribution in [3.05, 3.63) is 29.8 Å². The molecular weight excluding hydrogens is 212 g/mol. The normalized spacial score (nSPS) is 13.5. The summed E-state index contributed by atoms with van der Waals surface area (Å²) in [6.45, 7) is 5.40. The summed E-state index contributed by atoms with van der Waals surface area (Å²) in [6, 6.07) is 6.97. The first-order valence-corrected chi connectivity index (χ1v) is 6.43. The molecule has 0 saturated carbocycles. The van der Waals surface area contributed by atoms with Crippen LogP contribution < -0.4 is 4.18 Å². The van der Waals surface area contributed by atoms with Gasteiger partial charge in [0.15, 0.2) is 0 Å². The van der Waals surface area contributed by atoms with Crippen molar-refractivity contribution in [2.24, 2.45) is 0 Å². The minimum Gasteiger partial charge on any atom is -0.382 e. The number of aryl methyl sites for hydroxylation is 1. The van der Waals surface area contributed by atoms with Gasteiger partial charge < -0.3 is 4.18 Å². The van der Waals surface area contributed by atoms with E-state index >= 15 is 0 Å². The van der Waals surface area contributed by atoms with Crippen LogP contribution in [0.25, 0.3) is 0 Å². The molecule has 4 heteroatoms. The Kier molecular flexibility index (Phi) is 3.74. The SMILES string of the molecule is CCC(C)S(=O)(=O)Oc1ccc(C)cc1. The zero-order chi connectivity index (χ0) is 11.5. The van der Waals surface area contributed by atoms with Gasteiger partial charge in [-0.05, 0) is 32.4 Å². The fourth-order valence-electron chi connectivity index (χ4n) is 1.01. The maximum Gasteiger partial charge on any atom is 0.311 e. The number of benzene rings is 1. The minimum atomic E-state index is -3.48. The van der Waals surface area contributed by atoms with Gasteiger partial charge in [0.2, 0.25) is 0 Å². The second kappa shape index (κ2) is 4.66. The lowest BCUT2D eigenvalue weighted by Gasteiger charge is -2.11. The summed E-state index contributed by atoms with van der Waals surface area (Å²) in [5, 5.41) is -0.473. The quantitative estimate of drug-likeness (QED) is 0.744. The molecule has 0 bridgehead atoms. The van der Waals surface area contributed by atoms with Gasteiger partial charge in [0.1, 0.15) is 5.75 Å². The second-order valence-corrected chi connectivity index (χ2v) is 5.57. The van der Waals surface area contributed by atoms with Crippen LogP contribution >= 0.6 is 0 Å². The highest BCUT2D eigenvalue weighted by Gasteiger charge is 2.20. The summed E-state index contributed by atoms with van der Waals surface area (Å²) in [6.07, 6.45) is 0.550. The largest absolute Gasteiger partial charge is 0.382 e. The van der Waals surface area contributed by atoms with E-state index in [0.29, 0.717) is 12.2 Å². The van der Waals surface area contributed by atoms with Crippen molar-refractivity contribution < 1.29 is 12.6 Å². The van der Waals surface area contributed by atoms with E-state index in [9.17, 15) is 8.42 Å². The molecule has 15 heavy (non-hydrogen) atoms. The maximum atomic E-state index is 11.6. The first-order chi connectivity index (χ1) is 6.95. The standard InChI is InChI=1S/C11H16O3S/c1-4-10(3)15(12,13)14-11-7-5-9(2)6-8-11/h5-8,10H,4H2,1-3H3. The van der Waals surface area contributed by atoms with Crippen LogP contribution in [0.15, 0.2) is 24.3 Å². The highest BCUT2D eigenvalue weighted by molar-refractivity contribution is 7.87. The molecular formula is C11H16O3S. The number of rotatable bonds is 4. The maximum absolute atomic E-state index is 11.6. The molecule has 3 nitrogen and oxygen atoms in total. The Hall–Kier alpha value is -1.03. The fourth-order valence-corrected chi connectivity index (χ4v) is 1.97. The van der Waals surface area contributed by atoms with Crippen molar-refractivity contribution in [3.8, 4) is 5.75 Å². The number of hydrogen-bond donors (Lipinski definition) is 0. The zero-order valence-corrected chi connectivity index (χ0v) is 10.0. The summed E-state index contributed by atoms with van der Waals surface area (Å²) in [7, 11) is -3.48. The van der Waals surface area contributed by atoms with Crippen molar-refractivity contribution in [2.45, 2.75) is 32.4 Å². The first-order valence-electron chi connectivity index (χ1n) is 4.95. The summed E-state index contributed by atoms with van der Waals surface area (Å²) < 4.78 is 28.2. The van der Waals surface area contributed by atoms with Crippen molar-refractivity contribution in [3.63, 3.8) is 0 Å². The summed E-state index contributed by atoms with van der Waals surface area (Å²) in [5.41, 5.74) is 1.07. The predicted molar refractivity (Wildman–Crippen MR) is 60.5 cm³/mol. The third-order valence-electron chi connectivity index (χ3n) is 2.30. The monoisotopic (exact) mass is 228 g/mol. The van der Waals surface area contributed by atoms with Gasteiger partial charge in [0.05, 0.1) is 5.25 Å². The van der Waals surface area contributed by atoms with Crippen molar-refractivity contribution >= 4 is 10.1 Å². The molecule has 1 unspecified atom stereocenters. The Labute approximate surface area is 91.2 Å². The minimum absolute atomic E-state index is 0.376. The Morgan fingerprint density at radius 1 is 1.27 bits per heavy atom. The van der Waals surface area contributed by atoms with Crippen LogP contribution in [0.1, 0.15) is 25.8 Å². The van der Waals surface area contributed by atoms with Crippen LogP contribution in [-0.2, 0) is 10.1 Å². The average molecular weight is 228 g/mol. The lowest BCUT2D eigenvalue weighted by Crippen LogP contribution is -2.22. The molecule has 0 N–H and O–H groups in total. The van der Waals surface area contributed by atoms with Gasteiger partial charge in [-0.1, -0.05) is 24.6 Å². The Balaban J connectivity index is 2.82. The van der Waals surface area contributed by atoms with Crippen molar-refractivity contribution in [1.29, 1.82) is 0 Å². The molecule has 0 spiro atoms. The van der Waals surface area contributed by atoms with Crippen LogP contribution in [0.3, 0.4) is 0 Å². The van der Waals surface area contributed by atoms with Crippen LogP contribution in [0.2, 0.25) is 0 Å². The van der Waals surface area contributed by atoms with Gasteiger partial charge in [-0.15, -0.1) is 0 Å². The molecule has 0 aliphatic rings. The summed E-state index contributed by atoms with van der Waals surface area (Å²) >= 11 is 0. The average Bonchev–Trinajstić information content (AvgIpc) is 2.20. The van der Waals surface area contributed by atoms with Crippen LogP contribution in [0.5, 0.6) is 5.75 Å². The Morgan fingerprint density at radius 3 is 2.27 bits per heavy atom. The van der Waals surface area contributed by atoms with E-state index < -0.39 is 15.4 Å². The van der Waals surface area contributed by atoms with Gasteiger partial charge in [-0.25, -0.2) is 0 Å². The highest BCUT2D eigenvalue weighted by Crippen LogP contribution is 2.17. The van der Waals surface area contributed by atoms with Gasteiger partial charge >= 0.3 is 10.1 Å². The van der Waals surface area contributed by atoms with E-state index in [1.807, 2.05) is 26.0 Å². The van der Waals surface area contributed by atoms with E-state index in [1.165, 1.54) is 0 Å². The number of hydrogen-bond acceptors (Lipinski definition) is 3. The first kappa shape index (κ1) is 12.0. The van der Waals surface area contributed by atoms with Crippen LogP contribution in [0.4, 0.5) is 0 Å². The van der Waals surface area contributed by atoms with Gasteiger partial charge in [-0.3, -0.25) is 0 Å². The molecule has 1 atom stereocenters. The predicted octanol–water partition coefficient (Wildman–Crippen LogP) is 2.50. The van der Waals surface area contributed by atoms with E-state index in [1.54, 1.807) is 19.1 Å². The third kappa shape index (κ3) is 3.23. The molecule has 0 fully saturated rings. The van der Waals surface area contributed by atoms with Gasteiger partial charge in [-0.2, -0.15) is 8.42 Å². The molecule has 0 aromatic heterocycles. The zero-order valence-electron chi connectivity index (χ0n) is 9.23. The fraction of sp³-hybridized carbons (Fsp3) is 0.455. The molecule has 0 amide bonds. The molecule has 0 aliphatic heterocycles. The molecule has 1 rings (SSSR count). The Morgan fingerprint density at radius 2 is 1.80 bits per heavy atom. The van der Waals surface area contributed by atoms with E-state index in [2.05, 4.69) is 0 Å². The lowest BCUT2D eigenvalue weighted by molar-refractivity contribution is 0.472. The van der Waals surface area contributed by atoms with E-state index in [4.69, 9.17) is 4.18 Å². The summed E-state index contributed by atoms with van der Waals surface area (Å²) in [5.74, 6) is 0.376. The molecule has 0 aliphatic carbocycles. The Bertz CT molecular complexity index is 406. The smallest absolute Gasteiger partial charge is 0.311 e. The summed E-state index contributed by atoms with van der Waals surface area (Å²) in [4.78, 5) is 0. The van der Waals surface area contributed by atoms with Crippen LogP contribution in [0, 0.1) is 6.92 Å². The van der Waals surface area contributed by atoms with Gasteiger partial charge in [0, 0.05) is 0 Å². The molecule has 1 aromatic rings. The van der Waals surface area contributed by atoms with E-state index in [0.717, 1.165) is 5.56 Å². The topological polar surface area (TPSA) is 43.4 Å². The molecule has 1 aromatic carbocycles.